The van der Waals surface area contributed by atoms with Crippen molar-refractivity contribution >= 4 is 11.8 Å². The highest BCUT2D eigenvalue weighted by Crippen LogP contribution is 2.21. The quantitative estimate of drug-likeness (QED) is 0.614. The molecule has 0 aromatic rings. The highest BCUT2D eigenvalue weighted by atomic mass is 16.2. The van der Waals surface area contributed by atoms with Gasteiger partial charge in [-0.15, -0.1) is 0 Å². The molecule has 1 heterocycles. The Morgan fingerprint density at radius 1 is 1.44 bits per heavy atom. The molecule has 1 unspecified atom stereocenters. The van der Waals surface area contributed by atoms with Gasteiger partial charge in [0.15, 0.2) is 0 Å². The van der Waals surface area contributed by atoms with E-state index in [-0.39, 0.29) is 17.7 Å². The van der Waals surface area contributed by atoms with Crippen molar-refractivity contribution in [2.75, 3.05) is 0 Å². The SMILES string of the molecule is C=C/C(=C\C=C/C)CC1CCC(=O)NC1=O.CC. The van der Waals surface area contributed by atoms with E-state index in [2.05, 4.69) is 11.9 Å². The molecule has 3 heteroatoms. The molecule has 18 heavy (non-hydrogen) atoms. The van der Waals surface area contributed by atoms with E-state index >= 15 is 0 Å². The van der Waals surface area contributed by atoms with E-state index in [1.54, 1.807) is 6.08 Å². The molecule has 0 aromatic carbocycles. The topological polar surface area (TPSA) is 46.2 Å². The molecule has 100 valence electrons. The number of carbonyl (C=O) groups excluding carboxylic acids is 2. The fraction of sp³-hybridized carbons (Fsp3) is 0.467. The van der Waals surface area contributed by atoms with Crippen LogP contribution < -0.4 is 5.32 Å². The molecule has 3 nitrogen and oxygen atoms in total. The van der Waals surface area contributed by atoms with Crippen LogP contribution in [0.4, 0.5) is 0 Å². The van der Waals surface area contributed by atoms with Crippen LogP contribution in [0.5, 0.6) is 0 Å². The van der Waals surface area contributed by atoms with Gasteiger partial charge in [0.1, 0.15) is 0 Å². The Bertz CT molecular complexity index is 354. The maximum atomic E-state index is 11.5. The highest BCUT2D eigenvalue weighted by Gasteiger charge is 2.26. The molecule has 0 aliphatic carbocycles. The average Bonchev–Trinajstić information content (AvgIpc) is 2.39. The summed E-state index contributed by atoms with van der Waals surface area (Å²) in [6.45, 7) is 9.65. The lowest BCUT2D eigenvalue weighted by molar-refractivity contribution is -0.136. The van der Waals surface area contributed by atoms with Crippen molar-refractivity contribution in [1.82, 2.24) is 5.32 Å². The monoisotopic (exact) mass is 249 g/mol. The molecule has 0 aromatic heterocycles. The maximum absolute atomic E-state index is 11.5. The molecule has 0 bridgehead atoms. The van der Waals surface area contributed by atoms with Gasteiger partial charge in [-0.2, -0.15) is 0 Å². The highest BCUT2D eigenvalue weighted by molar-refractivity contribution is 5.98. The summed E-state index contributed by atoms with van der Waals surface area (Å²) in [6, 6.07) is 0. The van der Waals surface area contributed by atoms with Crippen LogP contribution in [0.15, 0.2) is 36.5 Å². The van der Waals surface area contributed by atoms with Crippen molar-refractivity contribution in [2.24, 2.45) is 5.92 Å². The van der Waals surface area contributed by atoms with Gasteiger partial charge in [-0.05, 0) is 25.3 Å². The van der Waals surface area contributed by atoms with Crippen molar-refractivity contribution in [3.63, 3.8) is 0 Å². The van der Waals surface area contributed by atoms with Crippen LogP contribution in [-0.2, 0) is 9.59 Å². The zero-order chi connectivity index (χ0) is 14.0. The van der Waals surface area contributed by atoms with Crippen molar-refractivity contribution in [3.8, 4) is 0 Å². The number of hydrogen-bond donors (Lipinski definition) is 1. The van der Waals surface area contributed by atoms with Gasteiger partial charge in [0.05, 0.1) is 0 Å². The summed E-state index contributed by atoms with van der Waals surface area (Å²) in [5.41, 5.74) is 1.02. The number of imide groups is 1. The van der Waals surface area contributed by atoms with Crippen molar-refractivity contribution in [1.29, 1.82) is 0 Å². The average molecular weight is 249 g/mol. The molecule has 1 rings (SSSR count). The van der Waals surface area contributed by atoms with Gasteiger partial charge >= 0.3 is 0 Å². The van der Waals surface area contributed by atoms with E-state index in [4.69, 9.17) is 0 Å². The lowest BCUT2D eigenvalue weighted by Gasteiger charge is -2.20. The summed E-state index contributed by atoms with van der Waals surface area (Å²) >= 11 is 0. The number of rotatable bonds is 4. The number of carbonyl (C=O) groups is 2. The van der Waals surface area contributed by atoms with E-state index in [0.717, 1.165) is 5.57 Å². The van der Waals surface area contributed by atoms with Gasteiger partial charge in [-0.1, -0.05) is 44.7 Å². The van der Waals surface area contributed by atoms with Crippen molar-refractivity contribution in [3.05, 3.63) is 36.5 Å². The lowest BCUT2D eigenvalue weighted by atomic mass is 9.91. The Kier molecular flexibility index (Phi) is 8.54. The van der Waals surface area contributed by atoms with Crippen LogP contribution in [0.25, 0.3) is 0 Å². The Morgan fingerprint density at radius 3 is 2.61 bits per heavy atom. The predicted octanol–water partition coefficient (Wildman–Crippen LogP) is 3.14. The van der Waals surface area contributed by atoms with E-state index in [1.165, 1.54) is 0 Å². The van der Waals surface area contributed by atoms with Crippen LogP contribution in [0, 0.1) is 5.92 Å². The molecule has 1 aliphatic heterocycles. The summed E-state index contributed by atoms with van der Waals surface area (Å²) in [7, 11) is 0. The van der Waals surface area contributed by atoms with E-state index in [1.807, 2.05) is 39.0 Å². The fourth-order valence-electron chi connectivity index (χ4n) is 1.66. The standard InChI is InChI=1S/C13H17NO2.C2H6/c1-3-5-6-10(4-2)9-11-7-8-12(15)14-13(11)16;1-2/h3-6,11H,2,7-9H2,1H3,(H,14,15,16);1-2H3/b5-3-,10-6+;. The summed E-state index contributed by atoms with van der Waals surface area (Å²) in [5, 5.41) is 2.36. The molecule has 0 spiro atoms. The second-order valence-electron chi connectivity index (χ2n) is 3.82. The van der Waals surface area contributed by atoms with Crippen molar-refractivity contribution in [2.45, 2.75) is 40.0 Å². The van der Waals surface area contributed by atoms with Crippen LogP contribution in [0.2, 0.25) is 0 Å². The van der Waals surface area contributed by atoms with E-state index < -0.39 is 0 Å². The zero-order valence-electron chi connectivity index (χ0n) is 11.5. The summed E-state index contributed by atoms with van der Waals surface area (Å²) in [4.78, 5) is 22.5. The molecule has 1 aliphatic rings. The number of hydrogen-bond acceptors (Lipinski definition) is 2. The summed E-state index contributed by atoms with van der Waals surface area (Å²) in [6.07, 6.45) is 9.25. The minimum absolute atomic E-state index is 0.104. The molecular weight excluding hydrogens is 226 g/mol. The number of piperidine rings is 1. The number of amides is 2. The van der Waals surface area contributed by atoms with Gasteiger partial charge in [0, 0.05) is 12.3 Å². The molecule has 2 amide bonds. The Morgan fingerprint density at radius 2 is 2.11 bits per heavy atom. The third-order valence-electron chi connectivity index (χ3n) is 2.60. The largest absolute Gasteiger partial charge is 0.296 e. The third-order valence-corrected chi connectivity index (χ3v) is 2.60. The van der Waals surface area contributed by atoms with Gasteiger partial charge in [0.25, 0.3) is 0 Å². The molecular formula is C15H23NO2. The van der Waals surface area contributed by atoms with Crippen LogP contribution >= 0.6 is 0 Å². The smallest absolute Gasteiger partial charge is 0.230 e. The first kappa shape index (κ1) is 16.4. The second-order valence-corrected chi connectivity index (χ2v) is 3.82. The first-order valence-electron chi connectivity index (χ1n) is 6.45. The maximum Gasteiger partial charge on any atom is 0.230 e. The normalized spacial score (nSPS) is 20.2. The molecule has 1 fully saturated rings. The number of nitrogens with one attached hydrogen (secondary N) is 1. The Hall–Kier alpha value is -1.64. The molecule has 1 N–H and O–H groups in total. The van der Waals surface area contributed by atoms with Gasteiger partial charge < -0.3 is 0 Å². The first-order valence-corrected chi connectivity index (χ1v) is 6.45. The molecule has 0 radical (unpaired) electrons. The molecule has 1 atom stereocenters. The fourth-order valence-corrected chi connectivity index (χ4v) is 1.66. The molecule has 0 saturated carbocycles. The van der Waals surface area contributed by atoms with Crippen LogP contribution in [-0.4, -0.2) is 11.8 Å². The number of allylic oxidation sites excluding steroid dienone is 5. The molecule has 1 saturated heterocycles. The Balaban J connectivity index is 0.00000137. The summed E-state index contributed by atoms with van der Waals surface area (Å²) in [5.74, 6) is -0.435. The second kappa shape index (κ2) is 9.40. The van der Waals surface area contributed by atoms with Crippen LogP contribution in [0.1, 0.15) is 40.0 Å². The summed E-state index contributed by atoms with van der Waals surface area (Å²) < 4.78 is 0. The zero-order valence-corrected chi connectivity index (χ0v) is 11.5. The van der Waals surface area contributed by atoms with Gasteiger partial charge in [0.2, 0.25) is 11.8 Å². The minimum Gasteiger partial charge on any atom is -0.296 e. The van der Waals surface area contributed by atoms with E-state index in [9.17, 15) is 9.59 Å². The van der Waals surface area contributed by atoms with Gasteiger partial charge in [-0.3, -0.25) is 14.9 Å². The minimum atomic E-state index is -0.168. The Labute approximate surface area is 110 Å². The van der Waals surface area contributed by atoms with Crippen LogP contribution in [0.3, 0.4) is 0 Å². The lowest BCUT2D eigenvalue weighted by Crippen LogP contribution is -2.40. The first-order chi connectivity index (χ1) is 8.67. The predicted molar refractivity (Wildman–Crippen MR) is 74.9 cm³/mol. The van der Waals surface area contributed by atoms with Gasteiger partial charge in [-0.25, -0.2) is 0 Å². The third kappa shape index (κ3) is 5.62. The van der Waals surface area contributed by atoms with Crippen molar-refractivity contribution < 1.29 is 9.59 Å². The van der Waals surface area contributed by atoms with E-state index in [0.29, 0.717) is 19.3 Å².